The fourth-order valence-electron chi connectivity index (χ4n) is 16.5. The minimum atomic E-state index is -2.05. The Morgan fingerprint density at radius 3 is 1.08 bits per heavy atom. The molecule has 0 radical (unpaired) electrons. The van der Waals surface area contributed by atoms with Gasteiger partial charge in [0.25, 0.3) is 11.8 Å². The average molecular weight is 2230 g/mol. The molecule has 20 nitrogen and oxygen atoms in total. The van der Waals surface area contributed by atoms with E-state index >= 15 is 0 Å². The topological polar surface area (TPSA) is 200 Å². The van der Waals surface area contributed by atoms with Gasteiger partial charge in [0.05, 0.1) is 64.6 Å². The second-order valence-corrected chi connectivity index (χ2v) is 51.4. The van der Waals surface area contributed by atoms with Crippen molar-refractivity contribution in [3.63, 3.8) is 0 Å². The van der Waals surface area contributed by atoms with Crippen LogP contribution in [0.4, 0.5) is 17.1 Å². The predicted octanol–water partition coefficient (Wildman–Crippen LogP) is 31.6. The van der Waals surface area contributed by atoms with E-state index in [1.54, 1.807) is 4.90 Å². The summed E-state index contributed by atoms with van der Waals surface area (Å²) in [5.74, 6) is 2.38. The maximum absolute atomic E-state index is 13.9. The Labute approximate surface area is 909 Å². The molecule has 2 amide bonds. The van der Waals surface area contributed by atoms with Gasteiger partial charge in [-0.15, -0.1) is 0 Å². The number of nitrogens with zero attached hydrogens (tertiary/aromatic N) is 10. The van der Waals surface area contributed by atoms with Gasteiger partial charge >= 0.3 is 0 Å². The first-order valence-corrected chi connectivity index (χ1v) is 58.0. The van der Waals surface area contributed by atoms with Crippen LogP contribution in [0.1, 0.15) is 95.6 Å². The third-order valence-electron chi connectivity index (χ3n) is 26.5. The molecule has 13 aromatic carbocycles. The molecule has 20 rings (SSSR count). The lowest BCUT2D eigenvalue weighted by atomic mass is 10.1. The third kappa shape index (κ3) is 27.3. The Morgan fingerprint density at radius 2 is 0.705 bits per heavy atom. The van der Waals surface area contributed by atoms with Crippen molar-refractivity contribution in [3.05, 3.63) is 451 Å². The highest BCUT2D eigenvalue weighted by Crippen LogP contribution is 2.42. The lowest BCUT2D eigenvalue weighted by Crippen LogP contribution is -2.43. The van der Waals surface area contributed by atoms with Gasteiger partial charge in [-0.05, 0) is 234 Å². The normalized spacial score (nSPS) is 11.7. The molecule has 1 aliphatic carbocycles. The van der Waals surface area contributed by atoms with Crippen LogP contribution in [0.25, 0.3) is 72.4 Å². The molecule has 0 fully saturated rings. The van der Waals surface area contributed by atoms with E-state index in [2.05, 4.69) is 272 Å². The number of anilines is 3. The first-order chi connectivity index (χ1) is 71.9. The van der Waals surface area contributed by atoms with E-state index in [1.165, 1.54) is 39.5 Å². The molecule has 0 saturated carbocycles. The highest BCUT2D eigenvalue weighted by atomic mass is 79.9. The van der Waals surface area contributed by atoms with E-state index in [4.69, 9.17) is 74.2 Å². The monoisotopic (exact) mass is 2220 g/mol. The number of fused-ring (bicyclic) bond motifs is 5. The van der Waals surface area contributed by atoms with Crippen LogP contribution in [0.3, 0.4) is 0 Å². The zero-order valence-corrected chi connectivity index (χ0v) is 92.8. The Balaban J connectivity index is 0.000000139. The molecule has 6 aromatic heterocycles. The number of aliphatic hydroxyl groups is 1. The smallest absolute Gasteiger partial charge is 0.264 e. The van der Waals surface area contributed by atoms with Crippen molar-refractivity contribution in [2.75, 3.05) is 54.6 Å². The van der Waals surface area contributed by atoms with E-state index in [0.29, 0.717) is 51.0 Å². The Hall–Kier alpha value is -13.7. The number of hydrogen-bond donors (Lipinski definition) is 2. The van der Waals surface area contributed by atoms with Crippen LogP contribution >= 0.6 is 78.3 Å². The van der Waals surface area contributed by atoms with Gasteiger partial charge in [-0.1, -0.05) is 308 Å². The van der Waals surface area contributed by atoms with Gasteiger partial charge in [-0.25, -0.2) is 19.9 Å². The van der Waals surface area contributed by atoms with Crippen molar-refractivity contribution in [3.8, 4) is 45.7 Å². The minimum absolute atomic E-state index is 0.00431. The van der Waals surface area contributed by atoms with Crippen LogP contribution in [0.5, 0.6) is 23.0 Å². The van der Waals surface area contributed by atoms with E-state index in [1.807, 2.05) is 241 Å². The van der Waals surface area contributed by atoms with Gasteiger partial charge in [-0.3, -0.25) is 9.59 Å². The van der Waals surface area contributed by atoms with Gasteiger partial charge in [0.1, 0.15) is 93.8 Å². The second kappa shape index (κ2) is 50.1. The van der Waals surface area contributed by atoms with Crippen LogP contribution in [-0.4, -0.2) is 111 Å². The largest absolute Gasteiger partial charge is 0.487 e. The summed E-state index contributed by atoms with van der Waals surface area (Å²) in [5, 5.41) is 17.6. The lowest BCUT2D eigenvalue weighted by Gasteiger charge is -2.37. The second-order valence-electron chi connectivity index (χ2n) is 38.6. The number of rotatable bonds is 31. The summed E-state index contributed by atoms with van der Waals surface area (Å²) in [7, 11) is -3.76. The molecule has 0 spiro atoms. The molecule has 760 valence electrons. The number of amides is 2. The lowest BCUT2D eigenvalue weighted by molar-refractivity contribution is 0.0973. The number of aromatic nitrogens is 8. The number of carbonyl (C=O) groups excluding carboxylic acids is 2. The summed E-state index contributed by atoms with van der Waals surface area (Å²) in [6, 6.07) is 112. The van der Waals surface area contributed by atoms with Crippen molar-refractivity contribution >= 4 is 173 Å². The molecule has 0 unspecified atom stereocenters. The molecule has 2 N–H and O–H groups in total. The number of benzene rings is 13. The summed E-state index contributed by atoms with van der Waals surface area (Å²) < 4.78 is 48.1. The van der Waals surface area contributed by atoms with Crippen LogP contribution < -0.4 is 34.1 Å². The van der Waals surface area contributed by atoms with E-state index in [0.717, 1.165) is 135 Å². The van der Waals surface area contributed by atoms with Gasteiger partial charge in [0.2, 0.25) is 0 Å². The summed E-state index contributed by atoms with van der Waals surface area (Å²) in [4.78, 5) is 46.1. The van der Waals surface area contributed by atoms with Crippen molar-refractivity contribution in [1.29, 1.82) is 0 Å². The maximum atomic E-state index is 13.9. The molecule has 19 aromatic rings. The van der Waals surface area contributed by atoms with Crippen LogP contribution in [0.15, 0.2) is 386 Å². The fraction of sp³-hybridized carbons (Fsp3) is 0.190. The summed E-state index contributed by atoms with van der Waals surface area (Å²) in [5.41, 5.74) is 17.8. The summed E-state index contributed by atoms with van der Waals surface area (Å²) in [6.07, 6.45) is 16.0. The first kappa shape index (κ1) is 108. The Bertz CT molecular complexity index is 7800. The number of allylic oxidation sites excluding steroid dienone is 1. The van der Waals surface area contributed by atoms with Crippen LogP contribution in [0.2, 0.25) is 56.9 Å². The number of ether oxygens (including phenoxy) is 4. The number of para-hydroxylation sites is 8. The third-order valence-corrected chi connectivity index (χ3v) is 37.7. The number of hydrogen-bond acceptors (Lipinski definition) is 14. The summed E-state index contributed by atoms with van der Waals surface area (Å²) >= 11 is 31.9. The molecule has 0 atom stereocenters. The van der Waals surface area contributed by atoms with Crippen LogP contribution in [0, 0.1) is 0 Å². The number of nitrogens with one attached hydrogen (secondary N) is 1. The molecule has 149 heavy (non-hydrogen) atoms. The maximum Gasteiger partial charge on any atom is 0.264 e. The van der Waals surface area contributed by atoms with Crippen molar-refractivity contribution in [2.45, 2.75) is 111 Å². The van der Waals surface area contributed by atoms with Crippen LogP contribution in [-0.2, 0) is 41.7 Å². The highest BCUT2D eigenvalue weighted by Gasteiger charge is 2.39. The number of aliphatic hydroxyl groups excluding tert-OH is 1. The molecule has 0 bridgehead atoms. The SMILES string of the molecule is Brc1ccc2c(c1)C=CC2.Brc1ccc2c(ccn2-c2ccccc2OCc2ccccc2)c1.CC(C)(C)[Si](C)(C)OCCN(C(=O)c1c(Cl)ncnc1Cl)c1ccc2c(ccn2-c2ccccc2OCc2ccccc2)c1.CC(C)(C)[Si](C)(C)OCCNc1ccc2c(ccn2-c2ccccc2OCc2ccccc2)c1.O=C(c1c(Cl)ncnc1Cl)N(CCO)c1ccc2c(ccn2-c2ccccc2OCc2ccccc2)c1. The zero-order chi connectivity index (χ0) is 105. The molecule has 0 saturated heterocycles. The number of halogens is 6. The Kier molecular flexibility index (Phi) is 36.3. The van der Waals surface area contributed by atoms with Gasteiger partial charge in [0.15, 0.2) is 16.6 Å². The molecule has 6 heterocycles. The van der Waals surface area contributed by atoms with Gasteiger partial charge in [-0.2, -0.15) is 0 Å². The standard InChI is InChI=1S/C34H36Cl2N4O3Si.C29H36N2O2Si.C28H22Cl2N4O3.C21H16BrNO.C9H7Br/c1-34(2,3)44(4,5)43-20-19-39(33(41)30-31(35)37-23-38-32(30)36)26-15-16-27-25(21-26)17-18-40(27)28-13-9-10-14-29(28)42-22-24-11-7-6-8-12-24;1-29(2,3)34(4,5)33-20-18-30-25-15-16-26-24(21-25)17-19-31(26)27-13-9-10-14-28(27)32-22-23-11-7-6-8-12-23;29-26-25(27(30)32-18-31-26)28(36)33(14-15-35)21-10-11-22-20(16-21)12-13-34(22)23-8-4-5-9-24(23)37-17-19-6-2-1-3-7-19;22-18-10-11-19-17(14-18)12-13-23(19)20-8-4-5-9-21(20)24-15-16-6-2-1-3-7-16;10-9-5-4-7-2-1-3-8(7)6-9/h6-18,21,23H,19-20,22H2,1-5H3;6-17,19,21,30H,18,20,22H2,1-5H3;1-13,16,18,35H,14-15,17H2;1-14H,15H2;1,3-6H,2H2. The zero-order valence-electron chi connectivity index (χ0n) is 84.6. The molecular formula is C121H117Br2Cl4N11O9Si2. The van der Waals surface area contributed by atoms with E-state index in [9.17, 15) is 14.7 Å². The summed E-state index contributed by atoms with van der Waals surface area (Å²) in [6.45, 7) is 26.3. The first-order valence-electron chi connectivity index (χ1n) is 49.1. The van der Waals surface area contributed by atoms with Crippen molar-refractivity contribution in [2.24, 2.45) is 0 Å². The van der Waals surface area contributed by atoms with Crippen molar-refractivity contribution in [1.82, 2.24) is 38.2 Å². The van der Waals surface area contributed by atoms with Gasteiger partial charge in [0, 0.05) is 92.0 Å². The highest BCUT2D eigenvalue weighted by molar-refractivity contribution is 9.10. The molecule has 28 heteroatoms. The molecular weight excluding hydrogens is 2110 g/mol. The van der Waals surface area contributed by atoms with Crippen molar-refractivity contribution < 1.29 is 42.5 Å². The van der Waals surface area contributed by atoms with E-state index < -0.39 is 28.4 Å². The number of carbonyl (C=O) groups is 2. The van der Waals surface area contributed by atoms with Gasteiger partial charge < -0.3 is 66.3 Å². The Morgan fingerprint density at radius 1 is 0.383 bits per heavy atom. The minimum Gasteiger partial charge on any atom is -0.487 e. The predicted molar refractivity (Wildman–Crippen MR) is 620 cm³/mol. The van der Waals surface area contributed by atoms with E-state index in [-0.39, 0.29) is 55.0 Å². The molecule has 0 aliphatic heterocycles. The quantitative estimate of drug-likeness (QED) is 0.0236. The average Bonchev–Trinajstić information content (AvgIpc) is 1.59. The fourth-order valence-corrected chi connectivity index (χ4v) is 20.3. The molecule has 1 aliphatic rings.